The Morgan fingerprint density at radius 3 is 2.73 bits per heavy atom. The molecule has 0 atom stereocenters. The molecule has 2 rings (SSSR count). The molecule has 2 aromatic rings. The minimum absolute atomic E-state index is 0.640. The second-order valence-electron chi connectivity index (χ2n) is 5.04. The second-order valence-corrected chi connectivity index (χ2v) is 6.71. The Bertz CT molecular complexity index is 661. The van der Waals surface area contributed by atoms with Crippen molar-refractivity contribution in [2.75, 3.05) is 11.9 Å². The predicted octanol–water partition coefficient (Wildman–Crippen LogP) is 5.33. The van der Waals surface area contributed by atoms with Crippen LogP contribution in [0.15, 0.2) is 46.9 Å². The number of hydrogen-bond acceptors (Lipinski definition) is 1. The molecule has 0 saturated carbocycles. The molecule has 0 fully saturated rings. The highest BCUT2D eigenvalue weighted by atomic mass is 79.9. The van der Waals surface area contributed by atoms with E-state index in [9.17, 15) is 0 Å². The molecular weight excluding hydrogens is 380 g/mol. The van der Waals surface area contributed by atoms with Crippen LogP contribution in [-0.2, 0) is 6.42 Å². The van der Waals surface area contributed by atoms with Crippen molar-refractivity contribution in [3.8, 4) is 0 Å². The summed E-state index contributed by atoms with van der Waals surface area (Å²) in [4.78, 5) is 0. The maximum absolute atomic E-state index is 6.14. The lowest BCUT2D eigenvalue weighted by Crippen LogP contribution is -2.29. The van der Waals surface area contributed by atoms with E-state index in [1.54, 1.807) is 0 Å². The van der Waals surface area contributed by atoms with Crippen LogP contribution in [-0.4, -0.2) is 11.7 Å². The first-order chi connectivity index (χ1) is 10.6. The van der Waals surface area contributed by atoms with Gasteiger partial charge in [-0.2, -0.15) is 0 Å². The monoisotopic (exact) mass is 396 g/mol. The lowest BCUT2D eigenvalue weighted by molar-refractivity contribution is 0.777. The summed E-state index contributed by atoms with van der Waals surface area (Å²) in [5.74, 6) is 0. The Labute approximate surface area is 150 Å². The van der Waals surface area contributed by atoms with Crippen LogP contribution in [0.25, 0.3) is 0 Å². The number of benzene rings is 2. The normalized spacial score (nSPS) is 10.3. The third-order valence-electron chi connectivity index (χ3n) is 3.28. The Kier molecular flexibility index (Phi) is 6.68. The smallest absolute Gasteiger partial charge is 0.170 e. The second kappa shape index (κ2) is 8.51. The van der Waals surface area contributed by atoms with Crippen LogP contribution in [0.1, 0.15) is 17.5 Å². The zero-order chi connectivity index (χ0) is 15.9. The van der Waals surface area contributed by atoms with Gasteiger partial charge < -0.3 is 10.6 Å². The molecular formula is C17H18BrClN2S. The van der Waals surface area contributed by atoms with Crippen molar-refractivity contribution < 1.29 is 0 Å². The first-order valence-corrected chi connectivity index (χ1v) is 8.68. The van der Waals surface area contributed by atoms with Gasteiger partial charge in [-0.05, 0) is 67.4 Å². The van der Waals surface area contributed by atoms with Crippen LogP contribution in [0.3, 0.4) is 0 Å². The van der Waals surface area contributed by atoms with E-state index in [-0.39, 0.29) is 0 Å². The summed E-state index contributed by atoms with van der Waals surface area (Å²) in [6.45, 7) is 2.86. The summed E-state index contributed by atoms with van der Waals surface area (Å²) < 4.78 is 1.09. The summed E-state index contributed by atoms with van der Waals surface area (Å²) in [6, 6.07) is 14.0. The van der Waals surface area contributed by atoms with Crippen molar-refractivity contribution in [3.05, 3.63) is 63.1 Å². The molecule has 0 unspecified atom stereocenters. The van der Waals surface area contributed by atoms with Crippen LogP contribution >= 0.6 is 39.7 Å². The molecule has 0 saturated heterocycles. The lowest BCUT2D eigenvalue weighted by atomic mass is 10.1. The first-order valence-electron chi connectivity index (χ1n) is 7.10. The van der Waals surface area contributed by atoms with Gasteiger partial charge >= 0.3 is 0 Å². The highest BCUT2D eigenvalue weighted by Crippen LogP contribution is 2.20. The maximum atomic E-state index is 6.14. The molecule has 116 valence electrons. The molecule has 0 aliphatic carbocycles. The van der Waals surface area contributed by atoms with Crippen molar-refractivity contribution in [2.45, 2.75) is 19.8 Å². The summed E-state index contributed by atoms with van der Waals surface area (Å²) >= 11 is 14.9. The van der Waals surface area contributed by atoms with Crippen molar-refractivity contribution in [3.63, 3.8) is 0 Å². The number of rotatable bonds is 5. The molecule has 0 heterocycles. The highest BCUT2D eigenvalue weighted by Gasteiger charge is 2.01. The number of aryl methyl sites for hydroxylation is 2. The van der Waals surface area contributed by atoms with E-state index in [1.807, 2.05) is 30.3 Å². The van der Waals surface area contributed by atoms with Gasteiger partial charge in [0.1, 0.15) is 0 Å². The average molecular weight is 398 g/mol. The van der Waals surface area contributed by atoms with E-state index in [1.165, 1.54) is 11.1 Å². The molecule has 2 nitrogen and oxygen atoms in total. The lowest BCUT2D eigenvalue weighted by Gasteiger charge is -2.11. The van der Waals surface area contributed by atoms with Gasteiger partial charge in [0.2, 0.25) is 0 Å². The minimum atomic E-state index is 0.640. The third-order valence-corrected chi connectivity index (χ3v) is 4.79. The number of nitrogens with one attached hydrogen (secondary N) is 2. The SMILES string of the molecule is Cc1cc(NC(=S)NCCCc2ccccc2Cl)ccc1Br. The quantitative estimate of drug-likeness (QED) is 0.526. The Morgan fingerprint density at radius 1 is 1.23 bits per heavy atom. The fourth-order valence-corrected chi connectivity index (χ4v) is 2.78. The van der Waals surface area contributed by atoms with Crippen molar-refractivity contribution >= 4 is 50.5 Å². The van der Waals surface area contributed by atoms with Crippen molar-refractivity contribution in [1.82, 2.24) is 5.32 Å². The van der Waals surface area contributed by atoms with Crippen LogP contribution in [0.2, 0.25) is 5.02 Å². The zero-order valence-electron chi connectivity index (χ0n) is 12.3. The van der Waals surface area contributed by atoms with Gasteiger partial charge in [-0.15, -0.1) is 0 Å². The van der Waals surface area contributed by atoms with Crippen molar-refractivity contribution in [2.24, 2.45) is 0 Å². The number of thiocarbonyl (C=S) groups is 1. The van der Waals surface area contributed by atoms with E-state index < -0.39 is 0 Å². The third kappa shape index (κ3) is 5.27. The van der Waals surface area contributed by atoms with E-state index in [0.717, 1.165) is 34.6 Å². The largest absolute Gasteiger partial charge is 0.362 e. The molecule has 0 spiro atoms. The summed E-state index contributed by atoms with van der Waals surface area (Å²) in [5.41, 5.74) is 3.34. The van der Waals surface area contributed by atoms with Gasteiger partial charge in [0, 0.05) is 21.7 Å². The number of halogens is 2. The molecule has 0 bridgehead atoms. The zero-order valence-corrected chi connectivity index (χ0v) is 15.5. The van der Waals surface area contributed by atoms with Gasteiger partial charge in [-0.3, -0.25) is 0 Å². The molecule has 0 aromatic heterocycles. The van der Waals surface area contributed by atoms with Gasteiger partial charge in [0.05, 0.1) is 0 Å². The van der Waals surface area contributed by atoms with Crippen LogP contribution in [0.4, 0.5) is 5.69 Å². The fraction of sp³-hybridized carbons (Fsp3) is 0.235. The van der Waals surface area contributed by atoms with Crippen LogP contribution in [0, 0.1) is 6.92 Å². The van der Waals surface area contributed by atoms with Gasteiger partial charge in [-0.25, -0.2) is 0 Å². The highest BCUT2D eigenvalue weighted by molar-refractivity contribution is 9.10. The summed E-state index contributed by atoms with van der Waals surface area (Å²) in [6.07, 6.45) is 1.91. The molecule has 0 aliphatic rings. The minimum Gasteiger partial charge on any atom is -0.362 e. The van der Waals surface area contributed by atoms with Crippen LogP contribution in [0.5, 0.6) is 0 Å². The molecule has 5 heteroatoms. The Hall–Kier alpha value is -1.10. The Morgan fingerprint density at radius 2 is 2.00 bits per heavy atom. The average Bonchev–Trinajstić information content (AvgIpc) is 2.49. The van der Waals surface area contributed by atoms with Crippen LogP contribution < -0.4 is 10.6 Å². The molecule has 22 heavy (non-hydrogen) atoms. The van der Waals surface area contributed by atoms with E-state index >= 15 is 0 Å². The number of anilines is 1. The maximum Gasteiger partial charge on any atom is 0.170 e. The van der Waals surface area contributed by atoms with Gasteiger partial charge in [0.15, 0.2) is 5.11 Å². The van der Waals surface area contributed by atoms with E-state index in [4.69, 9.17) is 23.8 Å². The van der Waals surface area contributed by atoms with E-state index in [0.29, 0.717) is 5.11 Å². The molecule has 0 radical (unpaired) electrons. The fourth-order valence-electron chi connectivity index (χ4n) is 2.08. The summed E-state index contributed by atoms with van der Waals surface area (Å²) in [5, 5.41) is 7.88. The standard InChI is InChI=1S/C17H18BrClN2S/c1-12-11-14(8-9-15(12)18)21-17(22)20-10-4-6-13-5-2-3-7-16(13)19/h2-3,5,7-9,11H,4,6,10H2,1H3,(H2,20,21,22). The summed E-state index contributed by atoms with van der Waals surface area (Å²) in [7, 11) is 0. The molecule has 0 amide bonds. The topological polar surface area (TPSA) is 24.1 Å². The van der Waals surface area contributed by atoms with E-state index in [2.05, 4.69) is 45.6 Å². The van der Waals surface area contributed by atoms with Gasteiger partial charge in [-0.1, -0.05) is 45.7 Å². The molecule has 2 N–H and O–H groups in total. The van der Waals surface area contributed by atoms with Crippen molar-refractivity contribution in [1.29, 1.82) is 0 Å². The Balaban J connectivity index is 1.74. The van der Waals surface area contributed by atoms with Gasteiger partial charge in [0.25, 0.3) is 0 Å². The molecule has 0 aliphatic heterocycles. The predicted molar refractivity (Wildman–Crippen MR) is 103 cm³/mol. The first kappa shape index (κ1) is 17.3. The number of hydrogen-bond donors (Lipinski definition) is 2. The molecule has 2 aromatic carbocycles.